The predicted octanol–water partition coefficient (Wildman–Crippen LogP) is 3.55. The first kappa shape index (κ1) is 21.3. The highest BCUT2D eigenvalue weighted by Gasteiger charge is 2.18. The number of hydrogen-bond acceptors (Lipinski definition) is 4. The minimum Gasteiger partial charge on any atom is -0.492 e. The van der Waals surface area contributed by atoms with Gasteiger partial charge in [0.05, 0.1) is 0 Å². The van der Waals surface area contributed by atoms with E-state index in [4.69, 9.17) is 9.47 Å². The lowest BCUT2D eigenvalue weighted by Gasteiger charge is -2.31. The summed E-state index contributed by atoms with van der Waals surface area (Å²) in [7, 11) is 2.12. The van der Waals surface area contributed by atoms with Crippen LogP contribution in [0.5, 0.6) is 5.75 Å². The molecule has 1 aliphatic heterocycles. The molecule has 0 unspecified atom stereocenters. The summed E-state index contributed by atoms with van der Waals surface area (Å²) in [6, 6.07) is 12.7. The zero-order valence-electron chi connectivity index (χ0n) is 17.1. The summed E-state index contributed by atoms with van der Waals surface area (Å²) in [5.74, 6) is 0.102. The Morgan fingerprint density at radius 1 is 1.24 bits per heavy atom. The van der Waals surface area contributed by atoms with Crippen molar-refractivity contribution in [1.29, 1.82) is 0 Å². The Morgan fingerprint density at radius 2 is 2.03 bits per heavy atom. The van der Waals surface area contributed by atoms with Crippen molar-refractivity contribution < 1.29 is 18.7 Å². The standard InChI is InChI=1S/C23H29FN2O3/c1-17-6-7-19(15-22(17)24)23(27)25-16-18-4-3-5-21(14-18)29-13-10-26(2)20-8-11-28-12-9-20/h3-7,14-15,20H,8-13,16H2,1-2H3,(H,25,27). The molecule has 6 heteroatoms. The van der Waals surface area contributed by atoms with Gasteiger partial charge in [0.15, 0.2) is 0 Å². The van der Waals surface area contributed by atoms with Gasteiger partial charge in [-0.3, -0.25) is 9.69 Å². The lowest BCUT2D eigenvalue weighted by atomic mass is 10.1. The number of nitrogens with one attached hydrogen (secondary N) is 1. The van der Waals surface area contributed by atoms with E-state index in [9.17, 15) is 9.18 Å². The second-order valence-corrected chi connectivity index (χ2v) is 7.47. The average Bonchev–Trinajstić information content (AvgIpc) is 2.75. The fourth-order valence-electron chi connectivity index (χ4n) is 3.38. The molecule has 2 aromatic rings. The van der Waals surface area contributed by atoms with Gasteiger partial charge in [-0.1, -0.05) is 18.2 Å². The molecule has 1 amide bonds. The third kappa shape index (κ3) is 6.27. The first-order valence-corrected chi connectivity index (χ1v) is 10.1. The van der Waals surface area contributed by atoms with Crippen molar-refractivity contribution >= 4 is 5.91 Å². The number of rotatable bonds is 8. The lowest BCUT2D eigenvalue weighted by molar-refractivity contribution is 0.0392. The number of likely N-dealkylation sites (N-methyl/N-ethyl adjacent to an activating group) is 1. The van der Waals surface area contributed by atoms with Crippen LogP contribution in [0.3, 0.4) is 0 Å². The number of nitrogens with zero attached hydrogens (tertiary/aromatic N) is 1. The third-order valence-electron chi connectivity index (χ3n) is 5.31. The Balaban J connectivity index is 1.46. The van der Waals surface area contributed by atoms with Crippen molar-refractivity contribution in [2.75, 3.05) is 33.4 Å². The molecule has 0 aromatic heterocycles. The number of ether oxygens (including phenoxy) is 2. The normalized spacial score (nSPS) is 14.8. The molecule has 29 heavy (non-hydrogen) atoms. The maximum Gasteiger partial charge on any atom is 0.251 e. The van der Waals surface area contributed by atoms with Crippen molar-refractivity contribution in [3.05, 3.63) is 65.0 Å². The summed E-state index contributed by atoms with van der Waals surface area (Å²) in [5.41, 5.74) is 1.77. The fraction of sp³-hybridized carbons (Fsp3) is 0.435. The molecule has 0 spiro atoms. The summed E-state index contributed by atoms with van der Waals surface area (Å²) >= 11 is 0. The van der Waals surface area contributed by atoms with Crippen molar-refractivity contribution in [1.82, 2.24) is 10.2 Å². The Bertz CT molecular complexity index is 822. The molecule has 1 heterocycles. The van der Waals surface area contributed by atoms with Gasteiger partial charge in [0.1, 0.15) is 18.2 Å². The summed E-state index contributed by atoms with van der Waals surface area (Å²) < 4.78 is 24.9. The Morgan fingerprint density at radius 3 is 2.79 bits per heavy atom. The van der Waals surface area contributed by atoms with Gasteiger partial charge in [-0.2, -0.15) is 0 Å². The number of hydrogen-bond donors (Lipinski definition) is 1. The third-order valence-corrected chi connectivity index (χ3v) is 5.31. The van der Waals surface area contributed by atoms with E-state index in [1.54, 1.807) is 19.1 Å². The first-order chi connectivity index (χ1) is 14.0. The van der Waals surface area contributed by atoms with Crippen LogP contribution < -0.4 is 10.1 Å². The maximum absolute atomic E-state index is 13.6. The zero-order chi connectivity index (χ0) is 20.6. The lowest BCUT2D eigenvalue weighted by Crippen LogP contribution is -2.38. The molecule has 1 fully saturated rings. The van der Waals surface area contributed by atoms with Gasteiger partial charge in [-0.15, -0.1) is 0 Å². The van der Waals surface area contributed by atoms with Gasteiger partial charge in [0.2, 0.25) is 0 Å². The molecule has 0 radical (unpaired) electrons. The maximum atomic E-state index is 13.6. The molecule has 1 aliphatic rings. The summed E-state index contributed by atoms with van der Waals surface area (Å²) in [6.45, 7) is 5.14. The zero-order valence-corrected chi connectivity index (χ0v) is 17.1. The van der Waals surface area contributed by atoms with E-state index >= 15 is 0 Å². The monoisotopic (exact) mass is 400 g/mol. The van der Waals surface area contributed by atoms with Gasteiger partial charge >= 0.3 is 0 Å². The van der Waals surface area contributed by atoms with Crippen molar-refractivity contribution in [3.63, 3.8) is 0 Å². The van der Waals surface area contributed by atoms with E-state index in [2.05, 4.69) is 17.3 Å². The molecule has 0 bridgehead atoms. The number of carbonyl (C=O) groups excluding carboxylic acids is 1. The molecular formula is C23H29FN2O3. The number of amides is 1. The topological polar surface area (TPSA) is 50.8 Å². The average molecular weight is 400 g/mol. The highest BCUT2D eigenvalue weighted by molar-refractivity contribution is 5.94. The van der Waals surface area contributed by atoms with E-state index in [1.807, 2.05) is 24.3 Å². The van der Waals surface area contributed by atoms with Crippen LogP contribution in [0.15, 0.2) is 42.5 Å². The van der Waals surface area contributed by atoms with Gasteiger partial charge in [-0.05, 0) is 62.2 Å². The van der Waals surface area contributed by atoms with Crippen LogP contribution in [-0.4, -0.2) is 50.3 Å². The van der Waals surface area contributed by atoms with E-state index in [1.165, 1.54) is 6.07 Å². The Labute approximate surface area is 171 Å². The number of aryl methyl sites for hydroxylation is 1. The van der Waals surface area contributed by atoms with Crippen LogP contribution in [0, 0.1) is 12.7 Å². The number of carbonyl (C=O) groups is 1. The van der Waals surface area contributed by atoms with E-state index in [0.717, 1.165) is 43.9 Å². The van der Waals surface area contributed by atoms with Gasteiger partial charge in [0.25, 0.3) is 5.91 Å². The van der Waals surface area contributed by atoms with Crippen molar-refractivity contribution in [3.8, 4) is 5.75 Å². The number of benzene rings is 2. The van der Waals surface area contributed by atoms with Crippen molar-refractivity contribution in [2.45, 2.75) is 32.4 Å². The minimum absolute atomic E-state index is 0.298. The van der Waals surface area contributed by atoms with Crippen LogP contribution in [0.2, 0.25) is 0 Å². The molecule has 0 atom stereocenters. The molecule has 156 valence electrons. The molecule has 0 saturated carbocycles. The number of halogens is 1. The quantitative estimate of drug-likeness (QED) is 0.736. The second kappa shape index (κ2) is 10.4. The van der Waals surface area contributed by atoms with Crippen LogP contribution >= 0.6 is 0 Å². The smallest absolute Gasteiger partial charge is 0.251 e. The summed E-state index contributed by atoms with van der Waals surface area (Å²) in [6.07, 6.45) is 2.13. The van der Waals surface area contributed by atoms with Gasteiger partial charge in [0, 0.05) is 37.9 Å². The van der Waals surface area contributed by atoms with Crippen LogP contribution in [0.25, 0.3) is 0 Å². The molecule has 1 N–H and O–H groups in total. The minimum atomic E-state index is -0.376. The first-order valence-electron chi connectivity index (χ1n) is 10.1. The Kier molecular flexibility index (Phi) is 7.61. The largest absolute Gasteiger partial charge is 0.492 e. The Hall–Kier alpha value is -2.44. The van der Waals surface area contributed by atoms with Crippen LogP contribution in [0.1, 0.15) is 34.3 Å². The summed E-state index contributed by atoms with van der Waals surface area (Å²) in [5, 5.41) is 2.83. The second-order valence-electron chi connectivity index (χ2n) is 7.47. The van der Waals surface area contributed by atoms with E-state index < -0.39 is 0 Å². The molecule has 0 aliphatic carbocycles. The van der Waals surface area contributed by atoms with Gasteiger partial charge in [-0.25, -0.2) is 4.39 Å². The highest BCUT2D eigenvalue weighted by atomic mass is 19.1. The summed E-state index contributed by atoms with van der Waals surface area (Å²) in [4.78, 5) is 14.6. The molecular weight excluding hydrogens is 371 g/mol. The molecule has 2 aromatic carbocycles. The van der Waals surface area contributed by atoms with E-state index in [0.29, 0.717) is 30.3 Å². The molecule has 5 nitrogen and oxygen atoms in total. The fourth-order valence-corrected chi connectivity index (χ4v) is 3.38. The molecule has 1 saturated heterocycles. The van der Waals surface area contributed by atoms with Crippen molar-refractivity contribution in [2.24, 2.45) is 0 Å². The van der Waals surface area contributed by atoms with Crippen LogP contribution in [0.4, 0.5) is 4.39 Å². The molecule has 3 rings (SSSR count). The van der Waals surface area contributed by atoms with Crippen LogP contribution in [-0.2, 0) is 11.3 Å². The predicted molar refractivity (Wildman–Crippen MR) is 111 cm³/mol. The highest BCUT2D eigenvalue weighted by Crippen LogP contribution is 2.16. The SMILES string of the molecule is Cc1ccc(C(=O)NCc2cccc(OCCN(C)C3CCOCC3)c2)cc1F. The van der Waals surface area contributed by atoms with Gasteiger partial charge < -0.3 is 14.8 Å². The van der Waals surface area contributed by atoms with E-state index in [-0.39, 0.29) is 11.7 Å².